The second kappa shape index (κ2) is 11.0. The lowest BCUT2D eigenvalue weighted by molar-refractivity contribution is 0.421. The van der Waals surface area contributed by atoms with Gasteiger partial charge in [-0.05, 0) is 36.4 Å². The molecule has 0 aliphatic carbocycles. The number of aliphatic hydroxyl groups excluding tert-OH is 1. The molecule has 0 spiro atoms. The molecule has 0 bridgehead atoms. The first-order valence-electron chi connectivity index (χ1n) is 11.0. The number of nitrogens with zero attached hydrogens (tertiary/aromatic N) is 4. The van der Waals surface area contributed by atoms with Crippen molar-refractivity contribution in [3.05, 3.63) is 99.2 Å². The summed E-state index contributed by atoms with van der Waals surface area (Å²) in [6.07, 6.45) is 0. The van der Waals surface area contributed by atoms with Crippen LogP contribution in [0.25, 0.3) is 31.6 Å². The third kappa shape index (κ3) is 5.22. The molecule has 0 fully saturated rings. The lowest BCUT2D eigenvalue weighted by Gasteiger charge is -2.13. The quantitative estimate of drug-likeness (QED) is 0.155. The number of aromatic nitrogens is 2. The minimum atomic E-state index is -0.850. The van der Waals surface area contributed by atoms with Gasteiger partial charge in [-0.25, -0.2) is 18.7 Å². The van der Waals surface area contributed by atoms with Gasteiger partial charge in [-0.15, -0.1) is 22.7 Å². The van der Waals surface area contributed by atoms with E-state index in [1.165, 1.54) is 28.7 Å². The van der Waals surface area contributed by atoms with Gasteiger partial charge in [-0.3, -0.25) is 0 Å². The van der Waals surface area contributed by atoms with Crippen LogP contribution in [0, 0.1) is 34.3 Å². The number of thioether (sulfide) groups is 1. The monoisotopic (exact) mass is 559 g/mol. The van der Waals surface area contributed by atoms with E-state index in [-0.39, 0.29) is 33.4 Å². The summed E-state index contributed by atoms with van der Waals surface area (Å²) in [5.41, 5.74) is 1.47. The predicted molar refractivity (Wildman–Crippen MR) is 149 cm³/mol. The topological polar surface area (TPSA) is 106 Å². The Hall–Kier alpha value is -4.29. The van der Waals surface area contributed by atoms with Crippen LogP contribution in [0.2, 0.25) is 0 Å². The third-order valence-electron chi connectivity index (χ3n) is 5.29. The predicted octanol–water partition coefficient (Wildman–Crippen LogP) is 7.71. The van der Waals surface area contributed by atoms with E-state index < -0.39 is 11.6 Å². The number of allylic oxidation sites excluding steroid dienone is 2. The van der Waals surface area contributed by atoms with E-state index in [2.05, 4.69) is 21.4 Å². The number of rotatable bonds is 7. The van der Waals surface area contributed by atoms with Crippen molar-refractivity contribution in [2.75, 3.05) is 11.1 Å². The number of benzene rings is 3. The van der Waals surface area contributed by atoms with E-state index in [4.69, 9.17) is 0 Å². The molecule has 2 heterocycles. The number of para-hydroxylation sites is 2. The molecular weight excluding hydrogens is 545 g/mol. The first-order valence-corrected chi connectivity index (χ1v) is 13.6. The molecule has 0 saturated carbocycles. The van der Waals surface area contributed by atoms with Crippen LogP contribution in [-0.4, -0.2) is 20.8 Å². The average molecular weight is 560 g/mol. The summed E-state index contributed by atoms with van der Waals surface area (Å²) in [5.74, 6) is -1.97. The normalized spacial score (nSPS) is 12.5. The molecule has 38 heavy (non-hydrogen) atoms. The minimum Gasteiger partial charge on any atom is -0.510 e. The maximum Gasteiger partial charge on any atom is 0.149 e. The van der Waals surface area contributed by atoms with Crippen molar-refractivity contribution in [2.45, 2.75) is 0 Å². The van der Waals surface area contributed by atoms with Gasteiger partial charge in [0.05, 0.1) is 36.9 Å². The Morgan fingerprint density at radius 3 is 2.00 bits per heavy atom. The summed E-state index contributed by atoms with van der Waals surface area (Å²) in [7, 11) is 0. The SMILES string of the molecule is N#CC(=C(Nc1ccc(F)cc1F)SC/C(O)=C(\C#N)c1nc2ccccc2s1)c1nc2ccccc2s1. The third-order valence-corrected chi connectivity index (χ3v) is 8.41. The van der Waals surface area contributed by atoms with Gasteiger partial charge in [-0.2, -0.15) is 10.5 Å². The number of anilines is 1. The number of thiazole rings is 2. The van der Waals surface area contributed by atoms with Crippen LogP contribution < -0.4 is 5.32 Å². The Morgan fingerprint density at radius 2 is 1.45 bits per heavy atom. The van der Waals surface area contributed by atoms with E-state index in [1.807, 2.05) is 54.6 Å². The Labute approximate surface area is 227 Å². The summed E-state index contributed by atoms with van der Waals surface area (Å²) >= 11 is 3.55. The first-order chi connectivity index (χ1) is 18.5. The molecule has 0 radical (unpaired) electrons. The molecule has 11 heteroatoms. The molecule has 0 aliphatic heterocycles. The molecular formula is C27H15F2N5OS3. The molecule has 5 rings (SSSR count). The van der Waals surface area contributed by atoms with Crippen LogP contribution in [0.15, 0.2) is 77.5 Å². The Balaban J connectivity index is 1.54. The van der Waals surface area contributed by atoms with Gasteiger partial charge in [0.2, 0.25) is 0 Å². The zero-order valence-electron chi connectivity index (χ0n) is 19.3. The van der Waals surface area contributed by atoms with Crippen molar-refractivity contribution in [3.8, 4) is 12.1 Å². The lowest BCUT2D eigenvalue weighted by Crippen LogP contribution is -2.04. The van der Waals surface area contributed by atoms with Crippen LogP contribution in [0.3, 0.4) is 0 Å². The summed E-state index contributed by atoms with van der Waals surface area (Å²) in [5, 5.41) is 34.5. The van der Waals surface area contributed by atoms with Crippen molar-refractivity contribution in [3.63, 3.8) is 0 Å². The number of nitriles is 2. The fraction of sp³-hybridized carbons (Fsp3) is 0.0370. The highest BCUT2D eigenvalue weighted by Gasteiger charge is 2.19. The zero-order chi connectivity index (χ0) is 26.6. The van der Waals surface area contributed by atoms with Gasteiger partial charge >= 0.3 is 0 Å². The van der Waals surface area contributed by atoms with Crippen LogP contribution in [0.1, 0.15) is 10.0 Å². The van der Waals surface area contributed by atoms with Gasteiger partial charge < -0.3 is 10.4 Å². The smallest absolute Gasteiger partial charge is 0.149 e. The van der Waals surface area contributed by atoms with Gasteiger partial charge in [0, 0.05) is 6.07 Å². The van der Waals surface area contributed by atoms with E-state index in [9.17, 15) is 24.4 Å². The highest BCUT2D eigenvalue weighted by Crippen LogP contribution is 2.35. The Kier molecular flexibility index (Phi) is 7.33. The number of nitrogens with one attached hydrogen (secondary N) is 1. The molecule has 0 atom stereocenters. The molecule has 0 unspecified atom stereocenters. The summed E-state index contributed by atoms with van der Waals surface area (Å²) in [6, 6.07) is 21.9. The highest BCUT2D eigenvalue weighted by atomic mass is 32.2. The van der Waals surface area contributed by atoms with Gasteiger partial charge in [0.25, 0.3) is 0 Å². The van der Waals surface area contributed by atoms with Crippen molar-refractivity contribution in [1.29, 1.82) is 10.5 Å². The maximum absolute atomic E-state index is 14.5. The van der Waals surface area contributed by atoms with Crippen LogP contribution in [0.4, 0.5) is 14.5 Å². The highest BCUT2D eigenvalue weighted by molar-refractivity contribution is 8.03. The maximum atomic E-state index is 14.5. The van der Waals surface area contributed by atoms with Gasteiger partial charge in [-0.1, -0.05) is 36.0 Å². The van der Waals surface area contributed by atoms with E-state index in [0.717, 1.165) is 33.3 Å². The Bertz CT molecular complexity index is 1760. The van der Waals surface area contributed by atoms with Crippen molar-refractivity contribution in [1.82, 2.24) is 9.97 Å². The van der Waals surface area contributed by atoms with E-state index in [0.29, 0.717) is 21.0 Å². The standard InChI is InChI=1S/C27H15F2N5OS3/c28-15-9-10-19(18(29)11-15)32-25(17(13-31)27-34-21-6-2-4-8-24(21)38-27)36-14-22(35)16(12-30)26-33-20-5-1-3-7-23(20)37-26/h1-11,32,35H,14H2/b22-16-,25-17?. The van der Waals surface area contributed by atoms with Crippen molar-refractivity contribution in [2.24, 2.45) is 0 Å². The van der Waals surface area contributed by atoms with Crippen LogP contribution >= 0.6 is 34.4 Å². The minimum absolute atomic E-state index is 0.00417. The first kappa shape index (κ1) is 25.4. The summed E-state index contributed by atoms with van der Waals surface area (Å²) in [6.45, 7) is 0. The van der Waals surface area contributed by atoms with E-state index in [1.54, 1.807) is 0 Å². The number of fused-ring (bicyclic) bond motifs is 2. The molecule has 0 saturated heterocycles. The molecule has 186 valence electrons. The summed E-state index contributed by atoms with van der Waals surface area (Å²) < 4.78 is 29.7. The molecule has 5 aromatic rings. The van der Waals surface area contributed by atoms with Crippen LogP contribution in [0.5, 0.6) is 0 Å². The lowest BCUT2D eigenvalue weighted by atomic mass is 10.2. The Morgan fingerprint density at radius 1 is 0.868 bits per heavy atom. The fourth-order valence-corrected chi connectivity index (χ4v) is 6.39. The molecule has 0 amide bonds. The average Bonchev–Trinajstić information content (AvgIpc) is 3.53. The number of aliphatic hydroxyl groups is 1. The molecule has 2 aromatic heterocycles. The number of hydrogen-bond acceptors (Lipinski definition) is 9. The van der Waals surface area contributed by atoms with Crippen molar-refractivity contribution >= 4 is 71.7 Å². The second-order valence-electron chi connectivity index (χ2n) is 7.76. The van der Waals surface area contributed by atoms with Crippen LogP contribution in [-0.2, 0) is 0 Å². The number of hydrogen-bond donors (Lipinski definition) is 2. The largest absolute Gasteiger partial charge is 0.510 e. The number of halogens is 2. The molecule has 0 aliphatic rings. The van der Waals surface area contributed by atoms with E-state index >= 15 is 0 Å². The zero-order valence-corrected chi connectivity index (χ0v) is 21.7. The second-order valence-corrected chi connectivity index (χ2v) is 10.8. The fourth-order valence-electron chi connectivity index (χ4n) is 3.49. The summed E-state index contributed by atoms with van der Waals surface area (Å²) in [4.78, 5) is 8.97. The molecule has 3 aromatic carbocycles. The van der Waals surface area contributed by atoms with Gasteiger partial charge in [0.15, 0.2) is 0 Å². The molecule has 6 nitrogen and oxygen atoms in total. The van der Waals surface area contributed by atoms with Crippen molar-refractivity contribution < 1.29 is 13.9 Å². The molecule has 2 N–H and O–H groups in total. The van der Waals surface area contributed by atoms with Gasteiger partial charge in [0.1, 0.15) is 50.7 Å².